The van der Waals surface area contributed by atoms with E-state index in [1.165, 1.54) is 23.9 Å². The lowest BCUT2D eigenvalue weighted by molar-refractivity contribution is -0.113. The number of hydrogen-bond donors (Lipinski definition) is 1. The summed E-state index contributed by atoms with van der Waals surface area (Å²) in [5.74, 6) is 1.10. The molecule has 6 heteroatoms. The van der Waals surface area contributed by atoms with Crippen LogP contribution in [-0.2, 0) is 4.79 Å². The van der Waals surface area contributed by atoms with E-state index >= 15 is 0 Å². The Morgan fingerprint density at radius 2 is 1.96 bits per heavy atom. The number of amides is 1. The van der Waals surface area contributed by atoms with E-state index in [9.17, 15) is 9.18 Å². The Hall–Kier alpha value is -2.21. The first kappa shape index (κ1) is 15.7. The molecule has 0 saturated carbocycles. The number of fused-ring (bicyclic) bond motifs is 1. The van der Waals surface area contributed by atoms with Gasteiger partial charge in [-0.25, -0.2) is 4.39 Å². The molecule has 2 aromatic rings. The van der Waals surface area contributed by atoms with Gasteiger partial charge in [0, 0.05) is 10.6 Å². The van der Waals surface area contributed by atoms with Crippen LogP contribution < -0.4 is 14.8 Å². The van der Waals surface area contributed by atoms with Crippen molar-refractivity contribution in [2.45, 2.75) is 11.8 Å². The Bertz CT molecular complexity index is 736. The van der Waals surface area contributed by atoms with E-state index in [1.54, 1.807) is 6.07 Å². The Balaban J connectivity index is 1.59. The minimum Gasteiger partial charge on any atom is -0.486 e. The zero-order valence-corrected chi connectivity index (χ0v) is 13.4. The second kappa shape index (κ2) is 6.91. The SMILES string of the molecule is Cc1ccc(F)cc1NC(=O)CSc1ccc2c(c1)OCCO2. The van der Waals surface area contributed by atoms with Gasteiger partial charge in [-0.3, -0.25) is 4.79 Å². The van der Waals surface area contributed by atoms with Crippen LogP contribution in [0.1, 0.15) is 5.56 Å². The normalized spacial score (nSPS) is 12.8. The molecule has 0 radical (unpaired) electrons. The number of carbonyl (C=O) groups excluding carboxylic acids is 1. The summed E-state index contributed by atoms with van der Waals surface area (Å²) in [6.07, 6.45) is 0. The van der Waals surface area contributed by atoms with Crippen molar-refractivity contribution < 1.29 is 18.7 Å². The third kappa shape index (κ3) is 3.96. The summed E-state index contributed by atoms with van der Waals surface area (Å²) in [5, 5.41) is 2.73. The first-order chi connectivity index (χ1) is 11.1. The minimum absolute atomic E-state index is 0.182. The fraction of sp³-hybridized carbons (Fsp3) is 0.235. The highest BCUT2D eigenvalue weighted by Gasteiger charge is 2.13. The van der Waals surface area contributed by atoms with Crippen LogP contribution in [0.2, 0.25) is 0 Å². The van der Waals surface area contributed by atoms with Gasteiger partial charge in [-0.15, -0.1) is 11.8 Å². The van der Waals surface area contributed by atoms with E-state index in [0.29, 0.717) is 24.7 Å². The van der Waals surface area contributed by atoms with E-state index in [-0.39, 0.29) is 17.5 Å². The van der Waals surface area contributed by atoms with Crippen LogP contribution in [0.4, 0.5) is 10.1 Å². The maximum Gasteiger partial charge on any atom is 0.234 e. The van der Waals surface area contributed by atoms with Crippen LogP contribution in [0, 0.1) is 12.7 Å². The average molecular weight is 333 g/mol. The Labute approximate surface area is 138 Å². The predicted octanol–water partition coefficient (Wildman–Crippen LogP) is 3.64. The van der Waals surface area contributed by atoms with Crippen molar-refractivity contribution in [2.75, 3.05) is 24.3 Å². The molecule has 23 heavy (non-hydrogen) atoms. The molecule has 4 nitrogen and oxygen atoms in total. The molecular weight excluding hydrogens is 317 g/mol. The largest absolute Gasteiger partial charge is 0.486 e. The lowest BCUT2D eigenvalue weighted by Crippen LogP contribution is -2.16. The van der Waals surface area contributed by atoms with E-state index in [4.69, 9.17) is 9.47 Å². The third-order valence-electron chi connectivity index (χ3n) is 3.36. The zero-order chi connectivity index (χ0) is 16.2. The standard InChI is InChI=1S/C17H16FNO3S/c1-11-2-3-12(18)8-14(11)19-17(20)10-23-13-4-5-15-16(9-13)22-7-6-21-15/h2-5,8-9H,6-7,10H2,1H3,(H,19,20). The molecule has 1 amide bonds. The molecule has 1 aliphatic heterocycles. The first-order valence-corrected chi connectivity index (χ1v) is 8.19. The van der Waals surface area contributed by atoms with Crippen molar-refractivity contribution in [3.8, 4) is 11.5 Å². The third-order valence-corrected chi connectivity index (χ3v) is 4.35. The molecule has 120 valence electrons. The van der Waals surface area contributed by atoms with Crippen LogP contribution in [-0.4, -0.2) is 24.9 Å². The Morgan fingerprint density at radius 3 is 2.78 bits per heavy atom. The van der Waals surface area contributed by atoms with Gasteiger partial charge in [-0.2, -0.15) is 0 Å². The van der Waals surface area contributed by atoms with Gasteiger partial charge in [0.05, 0.1) is 5.75 Å². The lowest BCUT2D eigenvalue weighted by atomic mass is 10.2. The number of halogens is 1. The molecule has 0 aromatic heterocycles. The number of thioether (sulfide) groups is 1. The summed E-state index contributed by atoms with van der Waals surface area (Å²) in [6, 6.07) is 9.92. The van der Waals surface area contributed by atoms with Gasteiger partial charge in [-0.05, 0) is 42.8 Å². The number of nitrogens with one attached hydrogen (secondary N) is 1. The predicted molar refractivity (Wildman–Crippen MR) is 87.9 cm³/mol. The van der Waals surface area contributed by atoms with Gasteiger partial charge in [0.25, 0.3) is 0 Å². The summed E-state index contributed by atoms with van der Waals surface area (Å²) in [7, 11) is 0. The molecule has 0 saturated heterocycles. The highest BCUT2D eigenvalue weighted by Crippen LogP contribution is 2.34. The Kier molecular flexibility index (Phi) is 4.71. The number of rotatable bonds is 4. The molecule has 0 aliphatic carbocycles. The molecule has 2 aromatic carbocycles. The van der Waals surface area contributed by atoms with Crippen molar-refractivity contribution in [2.24, 2.45) is 0 Å². The monoisotopic (exact) mass is 333 g/mol. The molecular formula is C17H16FNO3S. The smallest absolute Gasteiger partial charge is 0.234 e. The fourth-order valence-corrected chi connectivity index (χ4v) is 2.90. The highest BCUT2D eigenvalue weighted by atomic mass is 32.2. The number of carbonyl (C=O) groups is 1. The van der Waals surface area contributed by atoms with Crippen molar-refractivity contribution in [1.82, 2.24) is 0 Å². The van der Waals surface area contributed by atoms with Crippen LogP contribution in [0.5, 0.6) is 11.5 Å². The summed E-state index contributed by atoms with van der Waals surface area (Å²) in [6.45, 7) is 2.90. The van der Waals surface area contributed by atoms with Gasteiger partial charge in [0.15, 0.2) is 11.5 Å². The van der Waals surface area contributed by atoms with Crippen LogP contribution in [0.3, 0.4) is 0 Å². The zero-order valence-electron chi connectivity index (χ0n) is 12.6. The molecule has 0 unspecified atom stereocenters. The molecule has 3 rings (SSSR count). The molecule has 0 fully saturated rings. The van der Waals surface area contributed by atoms with Gasteiger partial charge < -0.3 is 14.8 Å². The summed E-state index contributed by atoms with van der Waals surface area (Å²) >= 11 is 1.39. The fourth-order valence-electron chi connectivity index (χ4n) is 2.18. The summed E-state index contributed by atoms with van der Waals surface area (Å²) in [5.41, 5.74) is 1.32. The average Bonchev–Trinajstić information content (AvgIpc) is 2.56. The number of hydrogen-bond acceptors (Lipinski definition) is 4. The second-order valence-corrected chi connectivity index (χ2v) is 6.15. The molecule has 1 heterocycles. The highest BCUT2D eigenvalue weighted by molar-refractivity contribution is 8.00. The van der Waals surface area contributed by atoms with E-state index in [1.807, 2.05) is 25.1 Å². The van der Waals surface area contributed by atoms with Crippen molar-refractivity contribution in [3.05, 3.63) is 47.8 Å². The lowest BCUT2D eigenvalue weighted by Gasteiger charge is -2.18. The molecule has 1 aliphatic rings. The molecule has 1 N–H and O–H groups in total. The van der Waals surface area contributed by atoms with E-state index in [0.717, 1.165) is 16.2 Å². The van der Waals surface area contributed by atoms with Crippen molar-refractivity contribution in [3.63, 3.8) is 0 Å². The van der Waals surface area contributed by atoms with E-state index < -0.39 is 0 Å². The molecule has 0 spiro atoms. The van der Waals surface area contributed by atoms with Crippen molar-refractivity contribution >= 4 is 23.4 Å². The summed E-state index contributed by atoms with van der Waals surface area (Å²) in [4.78, 5) is 12.9. The maximum absolute atomic E-state index is 13.2. The second-order valence-electron chi connectivity index (χ2n) is 5.10. The first-order valence-electron chi connectivity index (χ1n) is 7.20. The van der Waals surface area contributed by atoms with Gasteiger partial charge in [0.2, 0.25) is 5.91 Å². The molecule has 0 atom stereocenters. The van der Waals surface area contributed by atoms with Gasteiger partial charge in [-0.1, -0.05) is 6.07 Å². The number of benzene rings is 2. The molecule has 0 bridgehead atoms. The topological polar surface area (TPSA) is 47.6 Å². The van der Waals surface area contributed by atoms with Crippen LogP contribution >= 0.6 is 11.8 Å². The van der Waals surface area contributed by atoms with Crippen LogP contribution in [0.25, 0.3) is 0 Å². The van der Waals surface area contributed by atoms with E-state index in [2.05, 4.69) is 5.32 Å². The maximum atomic E-state index is 13.2. The number of ether oxygens (including phenoxy) is 2. The number of aryl methyl sites for hydroxylation is 1. The van der Waals surface area contributed by atoms with Crippen LogP contribution in [0.15, 0.2) is 41.3 Å². The van der Waals surface area contributed by atoms with Gasteiger partial charge >= 0.3 is 0 Å². The minimum atomic E-state index is -0.370. The Morgan fingerprint density at radius 1 is 1.17 bits per heavy atom. The van der Waals surface area contributed by atoms with Crippen molar-refractivity contribution in [1.29, 1.82) is 0 Å². The van der Waals surface area contributed by atoms with Gasteiger partial charge in [0.1, 0.15) is 19.0 Å². The number of anilines is 1. The summed E-state index contributed by atoms with van der Waals surface area (Å²) < 4.78 is 24.2. The quantitative estimate of drug-likeness (QED) is 0.868.